The van der Waals surface area contributed by atoms with Crippen molar-refractivity contribution in [2.45, 2.75) is 0 Å². The maximum atomic E-state index is 9.55. The van der Waals surface area contributed by atoms with Gasteiger partial charge in [-0.3, -0.25) is 0 Å². The van der Waals surface area contributed by atoms with Crippen LogP contribution in [0.2, 0.25) is 0 Å². The molecule has 0 aliphatic heterocycles. The number of para-hydroxylation sites is 3. The lowest BCUT2D eigenvalue weighted by atomic mass is 10.0. The molecule has 0 saturated carbocycles. The molecule has 0 N–H and O–H groups in total. The summed E-state index contributed by atoms with van der Waals surface area (Å²) >= 11 is 0. The van der Waals surface area contributed by atoms with E-state index >= 15 is 0 Å². The van der Waals surface area contributed by atoms with Crippen LogP contribution in [0.25, 0.3) is 111 Å². The number of rotatable bonds is 5. The van der Waals surface area contributed by atoms with Crippen LogP contribution in [0.1, 0.15) is 8.22 Å². The number of aromatic nitrogens is 5. The Morgan fingerprint density at radius 1 is 0.421 bits per heavy atom. The van der Waals surface area contributed by atoms with E-state index in [4.69, 9.17) is 23.5 Å². The average molecular weight is 736 g/mol. The van der Waals surface area contributed by atoms with E-state index in [1.807, 2.05) is 137 Å². The molecule has 0 amide bonds. The molecular weight excluding hydrogens is 699 g/mol. The molecule has 0 saturated heterocycles. The Labute approximate surface area is 335 Å². The largest absolute Gasteiger partial charge is 0.456 e. The van der Waals surface area contributed by atoms with Gasteiger partial charge in [0.1, 0.15) is 11.2 Å². The molecule has 0 unspecified atom stereocenters. The Kier molecular flexibility index (Phi) is 5.64. The van der Waals surface area contributed by atoms with Crippen LogP contribution < -0.4 is 0 Å². The number of fused-ring (bicyclic) bond motifs is 10. The first-order valence-corrected chi connectivity index (χ1v) is 18.6. The second-order valence-corrected chi connectivity index (χ2v) is 13.9. The predicted octanol–water partition coefficient (Wildman–Crippen LogP) is 13.0. The second-order valence-electron chi connectivity index (χ2n) is 13.9. The molecule has 0 aliphatic carbocycles. The number of hydrogen-bond acceptors (Lipinski definition) is 4. The van der Waals surface area contributed by atoms with Crippen LogP contribution in [0.15, 0.2) is 192 Å². The molecular formula is C51H31N5O. The van der Waals surface area contributed by atoms with Crippen molar-refractivity contribution >= 4 is 65.6 Å². The summed E-state index contributed by atoms with van der Waals surface area (Å²) in [5.41, 5.74) is 7.08. The summed E-state index contributed by atoms with van der Waals surface area (Å²) in [5, 5.41) is 3.47. The van der Waals surface area contributed by atoms with Crippen molar-refractivity contribution in [3.8, 4) is 45.5 Å². The first kappa shape index (κ1) is 26.1. The van der Waals surface area contributed by atoms with Crippen molar-refractivity contribution in [2.24, 2.45) is 0 Å². The molecule has 6 nitrogen and oxygen atoms in total. The van der Waals surface area contributed by atoms with Crippen molar-refractivity contribution in [1.82, 2.24) is 24.1 Å². The van der Waals surface area contributed by atoms with E-state index in [2.05, 4.69) is 0 Å². The lowest BCUT2D eigenvalue weighted by Crippen LogP contribution is -2.00. The van der Waals surface area contributed by atoms with Gasteiger partial charge in [-0.05, 0) is 42.4 Å². The average Bonchev–Trinajstić information content (AvgIpc) is 3.97. The van der Waals surface area contributed by atoms with Crippen LogP contribution in [0, 0.1) is 0 Å². The zero-order chi connectivity index (χ0) is 42.7. The van der Waals surface area contributed by atoms with Crippen LogP contribution in [0.4, 0.5) is 0 Å². The SMILES string of the molecule is [2H]c1cc([2H])c2c(c1)c1c([2H])c([2H])c3c4cc([2H])cc([2H])c4n(-c4ccc5c(c4)oc4cccc(-c6nc(-c7ccccc7)nc(-c7ccccc7)n6)c45)c3c1n2-c1ccccc1. The van der Waals surface area contributed by atoms with Crippen LogP contribution >= 0.6 is 0 Å². The van der Waals surface area contributed by atoms with Crippen molar-refractivity contribution in [1.29, 1.82) is 0 Å². The molecule has 12 rings (SSSR count). The zero-order valence-electron chi connectivity index (χ0n) is 36.1. The van der Waals surface area contributed by atoms with Gasteiger partial charge in [0, 0.05) is 60.8 Å². The van der Waals surface area contributed by atoms with Gasteiger partial charge in [-0.1, -0.05) is 139 Å². The third-order valence-corrected chi connectivity index (χ3v) is 10.7. The van der Waals surface area contributed by atoms with E-state index in [-0.39, 0.29) is 36.3 Å². The van der Waals surface area contributed by atoms with Gasteiger partial charge in [0.15, 0.2) is 17.5 Å². The quantitative estimate of drug-likeness (QED) is 0.177. The third kappa shape index (κ3) is 4.81. The van der Waals surface area contributed by atoms with Gasteiger partial charge in [-0.25, -0.2) is 15.0 Å². The first-order chi connectivity index (χ1) is 30.7. The van der Waals surface area contributed by atoms with Crippen LogP contribution in [0.3, 0.4) is 0 Å². The highest BCUT2D eigenvalue weighted by Crippen LogP contribution is 2.43. The monoisotopic (exact) mass is 735 g/mol. The molecule has 0 bridgehead atoms. The summed E-state index contributed by atoms with van der Waals surface area (Å²) in [6.07, 6.45) is 0. The maximum absolute atomic E-state index is 9.55. The van der Waals surface area contributed by atoms with Crippen molar-refractivity contribution in [3.63, 3.8) is 0 Å². The zero-order valence-corrected chi connectivity index (χ0v) is 30.1. The predicted molar refractivity (Wildman–Crippen MR) is 232 cm³/mol. The third-order valence-electron chi connectivity index (χ3n) is 10.7. The lowest BCUT2D eigenvalue weighted by Gasteiger charge is -2.12. The highest BCUT2D eigenvalue weighted by molar-refractivity contribution is 6.24. The topological polar surface area (TPSA) is 61.7 Å². The van der Waals surface area contributed by atoms with Crippen LogP contribution in [0.5, 0.6) is 0 Å². The fourth-order valence-electron chi connectivity index (χ4n) is 8.20. The summed E-state index contributed by atoms with van der Waals surface area (Å²) < 4.78 is 65.3. The summed E-state index contributed by atoms with van der Waals surface area (Å²) in [4.78, 5) is 14.9. The van der Waals surface area contributed by atoms with Gasteiger partial charge >= 0.3 is 0 Å². The normalized spacial score (nSPS) is 13.3. The number of nitrogens with zero attached hydrogens (tertiary/aromatic N) is 5. The van der Waals surface area contributed by atoms with Crippen LogP contribution in [-0.2, 0) is 0 Å². The summed E-state index contributed by atoms with van der Waals surface area (Å²) in [6, 6.07) is 47.5. The maximum Gasteiger partial charge on any atom is 0.164 e. The van der Waals surface area contributed by atoms with E-state index in [9.17, 15) is 4.11 Å². The van der Waals surface area contributed by atoms with Gasteiger partial charge in [0.25, 0.3) is 0 Å². The molecule has 4 aromatic heterocycles. The summed E-state index contributed by atoms with van der Waals surface area (Å²) in [6.45, 7) is 0. The molecule has 4 heterocycles. The van der Waals surface area contributed by atoms with Gasteiger partial charge < -0.3 is 13.6 Å². The van der Waals surface area contributed by atoms with E-state index in [1.165, 1.54) is 12.1 Å². The second kappa shape index (κ2) is 12.3. The molecule has 57 heavy (non-hydrogen) atoms. The molecule has 8 aromatic carbocycles. The lowest BCUT2D eigenvalue weighted by molar-refractivity contribution is 0.668. The van der Waals surface area contributed by atoms with Crippen LogP contribution in [-0.4, -0.2) is 24.1 Å². The molecule has 0 spiro atoms. The molecule has 0 atom stereocenters. The Morgan fingerprint density at radius 3 is 1.60 bits per heavy atom. The fourth-order valence-corrected chi connectivity index (χ4v) is 8.20. The highest BCUT2D eigenvalue weighted by atomic mass is 16.3. The first-order valence-electron chi connectivity index (χ1n) is 21.6. The van der Waals surface area contributed by atoms with Crippen molar-refractivity contribution in [3.05, 3.63) is 188 Å². The van der Waals surface area contributed by atoms with Gasteiger partial charge in [-0.2, -0.15) is 0 Å². The molecule has 0 radical (unpaired) electrons. The Bertz CT molecular complexity index is 3810. The van der Waals surface area contributed by atoms with Gasteiger partial charge in [0.05, 0.1) is 36.0 Å². The van der Waals surface area contributed by atoms with Gasteiger partial charge in [-0.15, -0.1) is 0 Å². The highest BCUT2D eigenvalue weighted by Gasteiger charge is 2.23. The Morgan fingerprint density at radius 2 is 0.982 bits per heavy atom. The molecule has 0 fully saturated rings. The van der Waals surface area contributed by atoms with E-state index in [1.54, 1.807) is 12.1 Å². The molecule has 6 heteroatoms. The minimum absolute atomic E-state index is 0.0624. The minimum Gasteiger partial charge on any atom is -0.456 e. The Balaban J connectivity index is 1.17. The standard InChI is InChI=1S/C51H31N5O/c1-4-15-32(16-5-1)49-52-50(33-17-6-2-7-18-33)54-51(53-49)41-23-14-26-44-46(41)40-28-27-35(31-45(40)57-44)56-43-25-13-11-22-37(43)39-30-29-38-36-21-10-12-24-42(36)55(47(38)48(39)56)34-19-8-3-9-20-34/h1-31H/i10D,11D,24D,25D,29D,30D. The number of furan rings is 1. The van der Waals surface area contributed by atoms with Crippen molar-refractivity contribution < 1.29 is 12.6 Å². The number of benzene rings is 8. The summed E-state index contributed by atoms with van der Waals surface area (Å²) in [5.74, 6) is 1.57. The van der Waals surface area contributed by atoms with Crippen molar-refractivity contribution in [2.75, 3.05) is 0 Å². The van der Waals surface area contributed by atoms with Gasteiger partial charge in [0.2, 0.25) is 0 Å². The molecule has 266 valence electrons. The smallest absolute Gasteiger partial charge is 0.164 e. The fraction of sp³-hybridized carbons (Fsp3) is 0. The minimum atomic E-state index is -0.0724. The summed E-state index contributed by atoms with van der Waals surface area (Å²) in [7, 11) is 0. The Hall–Kier alpha value is -7.83. The van der Waals surface area contributed by atoms with E-state index < -0.39 is 0 Å². The van der Waals surface area contributed by atoms with E-state index in [0.717, 1.165) is 33.2 Å². The number of hydrogen-bond donors (Lipinski definition) is 0. The van der Waals surface area contributed by atoms with E-state index in [0.29, 0.717) is 77.9 Å². The molecule has 0 aliphatic rings. The molecule has 12 aromatic rings.